The van der Waals surface area contributed by atoms with Crippen molar-refractivity contribution in [3.63, 3.8) is 0 Å². The first-order chi connectivity index (χ1) is 16.6. The third kappa shape index (κ3) is 3.87. The zero-order chi connectivity index (χ0) is 25.0. The number of nitriles is 1. The van der Waals surface area contributed by atoms with Crippen molar-refractivity contribution in [2.24, 2.45) is 0 Å². The smallest absolute Gasteiger partial charge is 0.309 e. The predicted octanol–water partition coefficient (Wildman–Crippen LogP) is 7.75. The molecule has 0 aliphatic rings. The van der Waals surface area contributed by atoms with Crippen molar-refractivity contribution in [1.29, 1.82) is 5.26 Å². The highest BCUT2D eigenvalue weighted by molar-refractivity contribution is 6.10. The SMILES string of the molecule is N#Cc1ccc(-n2c3ccc(C(F)(F)F)cc3c3cc(C(F)(F)F)ccc32)cc1-c1ccncc1. The maximum Gasteiger partial charge on any atom is 0.416 e. The lowest BCUT2D eigenvalue weighted by Crippen LogP contribution is -2.04. The van der Waals surface area contributed by atoms with Gasteiger partial charge in [0.25, 0.3) is 0 Å². The first-order valence-corrected chi connectivity index (χ1v) is 10.3. The Labute approximate surface area is 194 Å². The van der Waals surface area contributed by atoms with Gasteiger partial charge < -0.3 is 4.57 Å². The summed E-state index contributed by atoms with van der Waals surface area (Å²) >= 11 is 0. The summed E-state index contributed by atoms with van der Waals surface area (Å²) in [6.45, 7) is 0. The highest BCUT2D eigenvalue weighted by atomic mass is 19.4. The van der Waals surface area contributed by atoms with Crippen molar-refractivity contribution in [3.8, 4) is 22.9 Å². The number of halogens is 6. The summed E-state index contributed by atoms with van der Waals surface area (Å²) in [6.07, 6.45) is -6.21. The Kier molecular flexibility index (Phi) is 5.06. The van der Waals surface area contributed by atoms with E-state index in [1.165, 1.54) is 12.1 Å². The van der Waals surface area contributed by atoms with Crippen LogP contribution >= 0.6 is 0 Å². The summed E-state index contributed by atoms with van der Waals surface area (Å²) < 4.78 is 82.1. The maximum atomic E-state index is 13.4. The molecule has 9 heteroatoms. The van der Waals surface area contributed by atoms with Crippen LogP contribution in [0.25, 0.3) is 38.6 Å². The van der Waals surface area contributed by atoms with Crippen molar-refractivity contribution in [2.45, 2.75) is 12.4 Å². The van der Waals surface area contributed by atoms with Crippen LogP contribution in [0.3, 0.4) is 0 Å². The summed E-state index contributed by atoms with van der Waals surface area (Å²) in [5.74, 6) is 0. The fraction of sp³-hybridized carbons (Fsp3) is 0.0769. The third-order valence-corrected chi connectivity index (χ3v) is 5.79. The average Bonchev–Trinajstić information content (AvgIpc) is 3.16. The lowest BCUT2D eigenvalue weighted by atomic mass is 10.0. The monoisotopic (exact) mass is 481 g/mol. The topological polar surface area (TPSA) is 41.6 Å². The molecule has 0 bridgehead atoms. The van der Waals surface area contributed by atoms with E-state index in [4.69, 9.17) is 0 Å². The van der Waals surface area contributed by atoms with E-state index in [1.54, 1.807) is 47.3 Å². The highest BCUT2D eigenvalue weighted by Gasteiger charge is 2.33. The van der Waals surface area contributed by atoms with E-state index in [2.05, 4.69) is 11.1 Å². The molecule has 0 radical (unpaired) electrons. The van der Waals surface area contributed by atoms with Crippen LogP contribution in [0.15, 0.2) is 79.1 Å². The Morgan fingerprint density at radius 1 is 0.686 bits per heavy atom. The molecule has 0 saturated heterocycles. The van der Waals surface area contributed by atoms with E-state index >= 15 is 0 Å². The molecule has 5 aromatic rings. The molecule has 0 aliphatic heterocycles. The molecule has 0 amide bonds. The Hall–Kier alpha value is -4.32. The van der Waals surface area contributed by atoms with Gasteiger partial charge in [0, 0.05) is 34.4 Å². The average molecular weight is 481 g/mol. The Morgan fingerprint density at radius 2 is 1.23 bits per heavy atom. The molecular formula is C26H13F6N3. The number of pyridine rings is 1. The first-order valence-electron chi connectivity index (χ1n) is 10.3. The van der Waals surface area contributed by atoms with Crippen LogP contribution in [-0.2, 0) is 12.4 Å². The molecule has 0 spiro atoms. The molecule has 0 unspecified atom stereocenters. The van der Waals surface area contributed by atoms with E-state index in [0.29, 0.717) is 33.4 Å². The van der Waals surface area contributed by atoms with Crippen LogP contribution in [0.1, 0.15) is 16.7 Å². The fourth-order valence-electron chi connectivity index (χ4n) is 4.19. The van der Waals surface area contributed by atoms with E-state index in [1.807, 2.05) is 0 Å². The number of fused-ring (bicyclic) bond motifs is 3. The largest absolute Gasteiger partial charge is 0.416 e. The Bertz CT molecular complexity index is 1550. The Balaban J connectivity index is 1.85. The molecule has 2 heterocycles. The summed E-state index contributed by atoms with van der Waals surface area (Å²) in [5.41, 5.74) is 0.779. The van der Waals surface area contributed by atoms with Gasteiger partial charge in [0.05, 0.1) is 33.8 Å². The lowest BCUT2D eigenvalue weighted by Gasteiger charge is -2.12. The van der Waals surface area contributed by atoms with Gasteiger partial charge in [-0.25, -0.2) is 0 Å². The molecule has 0 fully saturated rings. The number of benzene rings is 3. The molecule has 0 N–H and O–H groups in total. The molecule has 0 atom stereocenters. The first kappa shape index (κ1) is 22.5. The minimum Gasteiger partial charge on any atom is -0.309 e. The van der Waals surface area contributed by atoms with Crippen LogP contribution in [0, 0.1) is 11.3 Å². The Morgan fingerprint density at radius 3 is 1.71 bits per heavy atom. The van der Waals surface area contributed by atoms with Gasteiger partial charge in [-0.15, -0.1) is 0 Å². The van der Waals surface area contributed by atoms with E-state index < -0.39 is 23.5 Å². The van der Waals surface area contributed by atoms with Gasteiger partial charge in [0.2, 0.25) is 0 Å². The summed E-state index contributed by atoms with van der Waals surface area (Å²) in [4.78, 5) is 3.96. The molecule has 0 saturated carbocycles. The zero-order valence-electron chi connectivity index (χ0n) is 17.6. The van der Waals surface area contributed by atoms with Gasteiger partial charge in [-0.3, -0.25) is 4.98 Å². The van der Waals surface area contributed by atoms with Crippen molar-refractivity contribution in [1.82, 2.24) is 9.55 Å². The molecule has 35 heavy (non-hydrogen) atoms. The second-order valence-electron chi connectivity index (χ2n) is 7.87. The standard InChI is InChI=1S/C26H13F6N3/c27-25(28,29)17-2-5-23-21(11-17)22-12-18(26(30,31)32)3-6-24(22)35(23)19-4-1-16(14-33)20(13-19)15-7-9-34-10-8-15/h1-13H. The van der Waals surface area contributed by atoms with Crippen LogP contribution in [-0.4, -0.2) is 9.55 Å². The number of rotatable bonds is 2. The van der Waals surface area contributed by atoms with Crippen LogP contribution < -0.4 is 0 Å². The molecule has 3 aromatic carbocycles. The van der Waals surface area contributed by atoms with Crippen molar-refractivity contribution in [3.05, 3.63) is 95.8 Å². The van der Waals surface area contributed by atoms with Crippen LogP contribution in [0.5, 0.6) is 0 Å². The summed E-state index contributed by atoms with van der Waals surface area (Å²) in [5, 5.41) is 9.65. The number of hydrogen-bond acceptors (Lipinski definition) is 2. The maximum absolute atomic E-state index is 13.4. The fourth-order valence-corrected chi connectivity index (χ4v) is 4.19. The molecule has 3 nitrogen and oxygen atoms in total. The molecule has 174 valence electrons. The number of nitrogens with zero attached hydrogens (tertiary/aromatic N) is 3. The van der Waals surface area contributed by atoms with Crippen LogP contribution in [0.4, 0.5) is 26.3 Å². The molecular weight excluding hydrogens is 468 g/mol. The lowest BCUT2D eigenvalue weighted by molar-refractivity contribution is -0.138. The predicted molar refractivity (Wildman–Crippen MR) is 119 cm³/mol. The van der Waals surface area contributed by atoms with Crippen molar-refractivity contribution in [2.75, 3.05) is 0 Å². The van der Waals surface area contributed by atoms with Gasteiger partial charge in [0.15, 0.2) is 0 Å². The van der Waals surface area contributed by atoms with Gasteiger partial charge in [-0.1, -0.05) is 0 Å². The number of hydrogen-bond donors (Lipinski definition) is 0. The summed E-state index contributed by atoms with van der Waals surface area (Å²) in [6, 6.07) is 16.4. The molecule has 2 aromatic heterocycles. The van der Waals surface area contributed by atoms with Gasteiger partial charge >= 0.3 is 12.4 Å². The number of alkyl halides is 6. The number of aromatic nitrogens is 2. The quantitative estimate of drug-likeness (QED) is 0.242. The zero-order valence-corrected chi connectivity index (χ0v) is 17.6. The van der Waals surface area contributed by atoms with E-state index in [9.17, 15) is 31.6 Å². The highest BCUT2D eigenvalue weighted by Crippen LogP contribution is 2.40. The molecule has 0 aliphatic carbocycles. The third-order valence-electron chi connectivity index (χ3n) is 5.79. The van der Waals surface area contributed by atoms with E-state index in [-0.39, 0.29) is 10.8 Å². The van der Waals surface area contributed by atoms with Gasteiger partial charge in [-0.2, -0.15) is 31.6 Å². The second kappa shape index (κ2) is 7.87. The minimum atomic E-state index is -4.66. The van der Waals surface area contributed by atoms with Crippen molar-refractivity contribution < 1.29 is 26.3 Å². The minimum absolute atomic E-state index is 0.0377. The van der Waals surface area contributed by atoms with E-state index in [0.717, 1.165) is 24.3 Å². The van der Waals surface area contributed by atoms with Crippen molar-refractivity contribution >= 4 is 21.8 Å². The second-order valence-corrected chi connectivity index (χ2v) is 7.87. The van der Waals surface area contributed by atoms with Crippen LogP contribution in [0.2, 0.25) is 0 Å². The van der Waals surface area contributed by atoms with Gasteiger partial charge in [0.1, 0.15) is 0 Å². The normalized spacial score (nSPS) is 12.3. The van der Waals surface area contributed by atoms with Gasteiger partial charge in [-0.05, 0) is 72.3 Å². The molecule has 5 rings (SSSR count). The summed E-state index contributed by atoms with van der Waals surface area (Å²) in [7, 11) is 0.